The van der Waals surface area contributed by atoms with E-state index in [1.165, 1.54) is 32.1 Å². The number of piperidine rings is 1. The first-order valence-electron chi connectivity index (χ1n) is 7.84. The first-order valence-corrected chi connectivity index (χ1v) is 7.84. The molecule has 1 saturated heterocycles. The zero-order chi connectivity index (χ0) is 13.6. The molecule has 2 rings (SSSR count). The third kappa shape index (κ3) is 4.77. The second kappa shape index (κ2) is 7.25. The van der Waals surface area contributed by atoms with Crippen LogP contribution in [0.25, 0.3) is 0 Å². The molecule has 1 aliphatic carbocycles. The van der Waals surface area contributed by atoms with Crippen LogP contribution in [0, 0.1) is 0 Å². The second-order valence-corrected chi connectivity index (χ2v) is 6.21. The van der Waals surface area contributed by atoms with Gasteiger partial charge in [-0.2, -0.15) is 0 Å². The molecule has 1 amide bonds. The summed E-state index contributed by atoms with van der Waals surface area (Å²) >= 11 is 0. The van der Waals surface area contributed by atoms with Gasteiger partial charge >= 0.3 is 0 Å². The second-order valence-electron chi connectivity index (χ2n) is 6.21. The number of hydrogen-bond acceptors (Lipinski definition) is 3. The van der Waals surface area contributed by atoms with Crippen molar-refractivity contribution in [2.45, 2.75) is 63.3 Å². The number of likely N-dealkylation sites (tertiary alicyclic amines) is 1. The van der Waals surface area contributed by atoms with Crippen LogP contribution < -0.4 is 5.73 Å². The Kier molecular flexibility index (Phi) is 5.64. The van der Waals surface area contributed by atoms with E-state index < -0.39 is 0 Å². The first-order chi connectivity index (χ1) is 9.20. The number of nitrogens with zero attached hydrogens (tertiary/aromatic N) is 1. The van der Waals surface area contributed by atoms with Crippen LogP contribution in [0.15, 0.2) is 0 Å². The van der Waals surface area contributed by atoms with Gasteiger partial charge in [0.05, 0.1) is 6.61 Å². The quantitative estimate of drug-likeness (QED) is 0.794. The van der Waals surface area contributed by atoms with E-state index >= 15 is 0 Å². The summed E-state index contributed by atoms with van der Waals surface area (Å²) in [5, 5.41) is 0. The van der Waals surface area contributed by atoms with E-state index in [-0.39, 0.29) is 18.1 Å². The molecule has 4 heteroatoms. The van der Waals surface area contributed by atoms with Gasteiger partial charge in [0.25, 0.3) is 0 Å². The van der Waals surface area contributed by atoms with Crippen LogP contribution in [0.2, 0.25) is 0 Å². The van der Waals surface area contributed by atoms with Crippen LogP contribution >= 0.6 is 0 Å². The maximum atomic E-state index is 12.0. The Morgan fingerprint density at radius 3 is 2.21 bits per heavy atom. The van der Waals surface area contributed by atoms with Crippen molar-refractivity contribution in [3.05, 3.63) is 0 Å². The Labute approximate surface area is 116 Å². The first kappa shape index (κ1) is 14.8. The Morgan fingerprint density at radius 1 is 1.00 bits per heavy atom. The van der Waals surface area contributed by atoms with Crippen molar-refractivity contribution in [1.29, 1.82) is 0 Å². The minimum absolute atomic E-state index is 0.136. The van der Waals surface area contributed by atoms with Crippen LogP contribution in [0.5, 0.6) is 0 Å². The lowest BCUT2D eigenvalue weighted by Crippen LogP contribution is -2.45. The predicted molar refractivity (Wildman–Crippen MR) is 75.9 cm³/mol. The van der Waals surface area contributed by atoms with E-state index in [4.69, 9.17) is 10.5 Å². The van der Waals surface area contributed by atoms with Gasteiger partial charge in [-0.3, -0.25) is 4.79 Å². The van der Waals surface area contributed by atoms with Crippen molar-refractivity contribution in [2.24, 2.45) is 5.73 Å². The summed E-state index contributed by atoms with van der Waals surface area (Å²) in [5.41, 5.74) is 6.18. The molecule has 0 aromatic heterocycles. The minimum Gasteiger partial charge on any atom is -0.370 e. The van der Waals surface area contributed by atoms with Gasteiger partial charge in [0.2, 0.25) is 5.91 Å². The summed E-state index contributed by atoms with van der Waals surface area (Å²) in [4.78, 5) is 13.9. The van der Waals surface area contributed by atoms with Gasteiger partial charge in [0.1, 0.15) is 6.61 Å². The van der Waals surface area contributed by atoms with E-state index in [0.29, 0.717) is 6.61 Å². The molecule has 1 aliphatic heterocycles. The van der Waals surface area contributed by atoms with Crippen LogP contribution in [0.4, 0.5) is 0 Å². The van der Waals surface area contributed by atoms with Crippen molar-refractivity contribution in [3.63, 3.8) is 0 Å². The summed E-state index contributed by atoms with van der Waals surface area (Å²) < 4.78 is 5.63. The van der Waals surface area contributed by atoms with Crippen molar-refractivity contribution >= 4 is 5.91 Å². The third-order valence-corrected chi connectivity index (χ3v) is 4.42. The monoisotopic (exact) mass is 268 g/mol. The lowest BCUT2D eigenvalue weighted by Gasteiger charge is -2.29. The predicted octanol–water partition coefficient (Wildman–Crippen LogP) is 2.07. The molecule has 0 atom stereocenters. The molecule has 110 valence electrons. The largest absolute Gasteiger partial charge is 0.370 e. The highest BCUT2D eigenvalue weighted by atomic mass is 16.5. The summed E-state index contributed by atoms with van der Waals surface area (Å²) in [5.74, 6) is 0.136. The highest BCUT2D eigenvalue weighted by Gasteiger charge is 2.27. The summed E-state index contributed by atoms with van der Waals surface area (Å²) in [6.45, 7) is 2.54. The molecule has 0 bridgehead atoms. The zero-order valence-electron chi connectivity index (χ0n) is 12.0. The number of rotatable bonds is 4. The fourth-order valence-corrected chi connectivity index (χ4v) is 3.15. The smallest absolute Gasteiger partial charge is 0.248 e. The Bertz CT molecular complexity index is 280. The average molecular weight is 268 g/mol. The van der Waals surface area contributed by atoms with Crippen molar-refractivity contribution in [3.8, 4) is 0 Å². The van der Waals surface area contributed by atoms with Gasteiger partial charge in [-0.25, -0.2) is 0 Å². The molecule has 0 radical (unpaired) electrons. The summed E-state index contributed by atoms with van der Waals surface area (Å²) in [6.07, 6.45) is 10.5. The van der Waals surface area contributed by atoms with Gasteiger partial charge in [-0.1, -0.05) is 25.7 Å². The molecule has 1 heterocycles. The number of carbonyl (C=O) groups excluding carboxylic acids is 1. The standard InChI is InChI=1S/C15H28N2O2/c16-15(8-4-1-2-5-9-15)13-19-12-14(18)17-10-6-3-7-11-17/h1-13,16H2. The lowest BCUT2D eigenvalue weighted by molar-refractivity contribution is -0.137. The molecular formula is C15H28N2O2. The van der Waals surface area contributed by atoms with Gasteiger partial charge < -0.3 is 15.4 Å². The van der Waals surface area contributed by atoms with Crippen molar-refractivity contribution in [2.75, 3.05) is 26.3 Å². The summed E-state index contributed by atoms with van der Waals surface area (Å²) in [6, 6.07) is 0. The van der Waals surface area contributed by atoms with E-state index in [0.717, 1.165) is 38.8 Å². The molecule has 0 unspecified atom stereocenters. The number of amides is 1. The van der Waals surface area contributed by atoms with Gasteiger partial charge in [-0.15, -0.1) is 0 Å². The van der Waals surface area contributed by atoms with Crippen LogP contribution in [-0.4, -0.2) is 42.6 Å². The van der Waals surface area contributed by atoms with Crippen molar-refractivity contribution in [1.82, 2.24) is 4.90 Å². The van der Waals surface area contributed by atoms with E-state index in [1.54, 1.807) is 0 Å². The van der Waals surface area contributed by atoms with Gasteiger partial charge in [-0.05, 0) is 32.1 Å². The van der Waals surface area contributed by atoms with Crippen LogP contribution in [0.1, 0.15) is 57.8 Å². The maximum absolute atomic E-state index is 12.0. The Balaban J connectivity index is 1.68. The van der Waals surface area contributed by atoms with Crippen LogP contribution in [-0.2, 0) is 9.53 Å². The molecule has 2 aliphatic rings. The molecule has 0 aromatic carbocycles. The van der Waals surface area contributed by atoms with Gasteiger partial charge in [0, 0.05) is 18.6 Å². The Morgan fingerprint density at radius 2 is 1.58 bits per heavy atom. The highest BCUT2D eigenvalue weighted by Crippen LogP contribution is 2.25. The topological polar surface area (TPSA) is 55.6 Å². The normalized spacial score (nSPS) is 23.9. The molecule has 0 spiro atoms. The minimum atomic E-state index is -0.196. The molecule has 4 nitrogen and oxygen atoms in total. The molecule has 0 aromatic rings. The lowest BCUT2D eigenvalue weighted by atomic mass is 9.93. The van der Waals surface area contributed by atoms with E-state index in [9.17, 15) is 4.79 Å². The highest BCUT2D eigenvalue weighted by molar-refractivity contribution is 5.77. The molecule has 1 saturated carbocycles. The number of hydrogen-bond donors (Lipinski definition) is 1. The van der Waals surface area contributed by atoms with E-state index in [2.05, 4.69) is 0 Å². The Hall–Kier alpha value is -0.610. The average Bonchev–Trinajstić information content (AvgIpc) is 2.65. The fraction of sp³-hybridized carbons (Fsp3) is 0.933. The molecule has 2 N–H and O–H groups in total. The molecule has 2 fully saturated rings. The van der Waals surface area contributed by atoms with Crippen molar-refractivity contribution < 1.29 is 9.53 Å². The maximum Gasteiger partial charge on any atom is 0.248 e. The number of ether oxygens (including phenoxy) is 1. The van der Waals surface area contributed by atoms with Crippen LogP contribution in [0.3, 0.4) is 0 Å². The molecule has 19 heavy (non-hydrogen) atoms. The number of nitrogens with two attached hydrogens (primary N) is 1. The summed E-state index contributed by atoms with van der Waals surface area (Å²) in [7, 11) is 0. The SMILES string of the molecule is NC1(COCC(=O)N2CCCCC2)CCCCCC1. The zero-order valence-corrected chi connectivity index (χ0v) is 12.0. The number of carbonyl (C=O) groups is 1. The third-order valence-electron chi connectivity index (χ3n) is 4.42. The fourth-order valence-electron chi connectivity index (χ4n) is 3.15. The van der Waals surface area contributed by atoms with Gasteiger partial charge in [0.15, 0.2) is 0 Å². The molecular weight excluding hydrogens is 240 g/mol. The van der Waals surface area contributed by atoms with E-state index in [1.807, 2.05) is 4.90 Å².